The van der Waals surface area contributed by atoms with Gasteiger partial charge in [0.15, 0.2) is 11.5 Å². The van der Waals surface area contributed by atoms with Crippen LogP contribution in [0.4, 0.5) is 4.39 Å². The number of hydrogen-bond donors (Lipinski definition) is 1. The maximum atomic E-state index is 13.2. The van der Waals surface area contributed by atoms with E-state index in [0.29, 0.717) is 25.5 Å². The third kappa shape index (κ3) is 4.32. The van der Waals surface area contributed by atoms with E-state index in [2.05, 4.69) is 5.32 Å². The van der Waals surface area contributed by atoms with Gasteiger partial charge in [-0.15, -0.1) is 0 Å². The predicted octanol–water partition coefficient (Wildman–Crippen LogP) is 2.91. The van der Waals surface area contributed by atoms with E-state index in [0.717, 1.165) is 23.3 Å². The topological polar surface area (TPSA) is 50.8 Å². The van der Waals surface area contributed by atoms with Gasteiger partial charge in [-0.05, 0) is 49.5 Å². The molecule has 6 heteroatoms. The van der Waals surface area contributed by atoms with Crippen LogP contribution >= 0.6 is 0 Å². The molecule has 0 aliphatic carbocycles. The van der Waals surface area contributed by atoms with Crippen LogP contribution in [-0.4, -0.2) is 38.1 Å². The van der Waals surface area contributed by atoms with Gasteiger partial charge in [0.25, 0.3) is 0 Å². The summed E-state index contributed by atoms with van der Waals surface area (Å²) in [7, 11) is 3.64. The van der Waals surface area contributed by atoms with Crippen molar-refractivity contribution in [2.75, 3.05) is 27.3 Å². The van der Waals surface area contributed by atoms with E-state index in [1.807, 2.05) is 32.3 Å². The molecule has 0 saturated carbocycles. The molecule has 1 amide bonds. The molecule has 1 heterocycles. The van der Waals surface area contributed by atoms with Crippen molar-refractivity contribution in [1.29, 1.82) is 0 Å². The molecule has 0 fully saturated rings. The number of nitrogens with one attached hydrogen (secondary N) is 1. The normalized spacial score (nSPS) is 14.6. The van der Waals surface area contributed by atoms with Crippen LogP contribution in [-0.2, 0) is 11.3 Å². The molecule has 0 spiro atoms. The number of rotatable bonds is 5. The molecule has 1 aliphatic heterocycles. The molecule has 1 N–H and O–H groups in total. The van der Waals surface area contributed by atoms with Gasteiger partial charge in [0, 0.05) is 13.0 Å². The quantitative estimate of drug-likeness (QED) is 0.893. The number of halogens is 1. The molecule has 1 aliphatic rings. The highest BCUT2D eigenvalue weighted by Crippen LogP contribution is 2.30. The van der Waals surface area contributed by atoms with Gasteiger partial charge in [0.2, 0.25) is 5.91 Å². The van der Waals surface area contributed by atoms with E-state index < -0.39 is 6.04 Å². The summed E-state index contributed by atoms with van der Waals surface area (Å²) in [6.45, 7) is 1.64. The number of nitrogens with zero attached hydrogens (tertiary/aromatic N) is 1. The minimum atomic E-state index is -0.490. The third-order valence-electron chi connectivity index (χ3n) is 4.23. The lowest BCUT2D eigenvalue weighted by Crippen LogP contribution is -2.36. The summed E-state index contributed by atoms with van der Waals surface area (Å²) in [5.41, 5.74) is 1.67. The van der Waals surface area contributed by atoms with Crippen molar-refractivity contribution in [3.8, 4) is 11.5 Å². The van der Waals surface area contributed by atoms with Gasteiger partial charge in [-0.1, -0.05) is 18.2 Å². The van der Waals surface area contributed by atoms with Gasteiger partial charge in [-0.25, -0.2) is 4.39 Å². The summed E-state index contributed by atoms with van der Waals surface area (Å²) in [6.07, 6.45) is 0.850. The molecule has 1 atom stereocenters. The molecule has 0 aromatic heterocycles. The van der Waals surface area contributed by atoms with Crippen LogP contribution in [0.25, 0.3) is 0 Å². The Morgan fingerprint density at radius 1 is 1.12 bits per heavy atom. The van der Waals surface area contributed by atoms with E-state index in [1.165, 1.54) is 12.1 Å². The molecule has 0 unspecified atom stereocenters. The van der Waals surface area contributed by atoms with Crippen LogP contribution in [0.15, 0.2) is 42.5 Å². The number of amides is 1. The lowest BCUT2D eigenvalue weighted by molar-refractivity contribution is -0.125. The Morgan fingerprint density at radius 3 is 2.50 bits per heavy atom. The molecule has 0 saturated heterocycles. The summed E-state index contributed by atoms with van der Waals surface area (Å²) >= 11 is 0. The van der Waals surface area contributed by atoms with E-state index in [-0.39, 0.29) is 11.7 Å². The SMILES string of the molecule is CN(C)[C@@H](C(=O)NCc1ccc2c(c1)OCCCO2)c1ccc(F)cc1. The summed E-state index contributed by atoms with van der Waals surface area (Å²) in [4.78, 5) is 14.5. The van der Waals surface area contributed by atoms with Gasteiger partial charge in [-0.2, -0.15) is 0 Å². The van der Waals surface area contributed by atoms with Crippen LogP contribution in [0.2, 0.25) is 0 Å². The minimum absolute atomic E-state index is 0.145. The van der Waals surface area contributed by atoms with E-state index in [9.17, 15) is 9.18 Å². The van der Waals surface area contributed by atoms with E-state index >= 15 is 0 Å². The first-order valence-electron chi connectivity index (χ1n) is 8.63. The van der Waals surface area contributed by atoms with Gasteiger partial charge in [0.1, 0.15) is 11.9 Å². The lowest BCUT2D eigenvalue weighted by Gasteiger charge is -2.24. The zero-order chi connectivity index (χ0) is 18.5. The Balaban J connectivity index is 1.68. The lowest BCUT2D eigenvalue weighted by atomic mass is 10.0. The van der Waals surface area contributed by atoms with Crippen molar-refractivity contribution in [3.63, 3.8) is 0 Å². The number of hydrogen-bond acceptors (Lipinski definition) is 4. The largest absolute Gasteiger partial charge is 0.490 e. The van der Waals surface area contributed by atoms with E-state index in [4.69, 9.17) is 9.47 Å². The molecular weight excluding hydrogens is 335 g/mol. The molecule has 3 rings (SSSR count). The molecule has 138 valence electrons. The van der Waals surface area contributed by atoms with Crippen molar-refractivity contribution in [2.45, 2.75) is 19.0 Å². The molecule has 26 heavy (non-hydrogen) atoms. The number of likely N-dealkylation sites (N-methyl/N-ethyl adjacent to an activating group) is 1. The summed E-state index contributed by atoms with van der Waals surface area (Å²) in [5.74, 6) is 0.972. The number of carbonyl (C=O) groups is 1. The molecule has 0 bridgehead atoms. The van der Waals surface area contributed by atoms with Crippen molar-refractivity contribution < 1.29 is 18.7 Å². The molecule has 2 aromatic carbocycles. The number of ether oxygens (including phenoxy) is 2. The Morgan fingerprint density at radius 2 is 1.81 bits per heavy atom. The van der Waals surface area contributed by atoms with Crippen LogP contribution in [0, 0.1) is 5.82 Å². The Hall–Kier alpha value is -2.60. The third-order valence-corrected chi connectivity index (χ3v) is 4.23. The van der Waals surface area contributed by atoms with Crippen molar-refractivity contribution >= 4 is 5.91 Å². The predicted molar refractivity (Wildman–Crippen MR) is 96.7 cm³/mol. The highest BCUT2D eigenvalue weighted by Gasteiger charge is 2.22. The maximum Gasteiger partial charge on any atom is 0.242 e. The molecule has 2 aromatic rings. The van der Waals surface area contributed by atoms with Gasteiger partial charge in [-0.3, -0.25) is 9.69 Å². The fraction of sp³-hybridized carbons (Fsp3) is 0.350. The van der Waals surface area contributed by atoms with Crippen LogP contribution in [0.3, 0.4) is 0 Å². The van der Waals surface area contributed by atoms with Crippen molar-refractivity contribution in [1.82, 2.24) is 10.2 Å². The first-order valence-corrected chi connectivity index (χ1v) is 8.63. The summed E-state index contributed by atoms with van der Waals surface area (Å²) < 4.78 is 24.4. The van der Waals surface area contributed by atoms with Crippen molar-refractivity contribution in [3.05, 3.63) is 59.4 Å². The van der Waals surface area contributed by atoms with Crippen LogP contribution in [0.5, 0.6) is 11.5 Å². The smallest absolute Gasteiger partial charge is 0.242 e. The van der Waals surface area contributed by atoms with Crippen molar-refractivity contribution in [2.24, 2.45) is 0 Å². The average molecular weight is 358 g/mol. The zero-order valence-corrected chi connectivity index (χ0v) is 15.0. The fourth-order valence-electron chi connectivity index (χ4n) is 2.93. The number of fused-ring (bicyclic) bond motifs is 1. The minimum Gasteiger partial charge on any atom is -0.490 e. The van der Waals surface area contributed by atoms with Gasteiger partial charge in [0.05, 0.1) is 13.2 Å². The molecule has 5 nitrogen and oxygen atoms in total. The fourth-order valence-corrected chi connectivity index (χ4v) is 2.93. The second-order valence-electron chi connectivity index (χ2n) is 6.47. The second kappa shape index (κ2) is 8.19. The second-order valence-corrected chi connectivity index (χ2v) is 6.47. The standard InChI is InChI=1S/C20H23FN2O3/c1-23(2)19(15-5-7-16(21)8-6-15)20(24)22-13-14-4-9-17-18(12-14)26-11-3-10-25-17/h4-9,12,19H,3,10-11,13H2,1-2H3,(H,22,24)/t19-/m1/s1. The maximum absolute atomic E-state index is 13.2. The monoisotopic (exact) mass is 358 g/mol. The Bertz CT molecular complexity index is 762. The van der Waals surface area contributed by atoms with Gasteiger partial charge < -0.3 is 14.8 Å². The summed E-state index contributed by atoms with van der Waals surface area (Å²) in [5, 5.41) is 2.95. The highest BCUT2D eigenvalue weighted by molar-refractivity contribution is 5.83. The van der Waals surface area contributed by atoms with E-state index in [1.54, 1.807) is 17.0 Å². The number of benzene rings is 2. The first-order chi connectivity index (χ1) is 12.5. The molecule has 0 radical (unpaired) electrons. The summed E-state index contributed by atoms with van der Waals surface area (Å²) in [6, 6.07) is 11.2. The van der Waals surface area contributed by atoms with Gasteiger partial charge >= 0.3 is 0 Å². The zero-order valence-electron chi connectivity index (χ0n) is 15.0. The first kappa shape index (κ1) is 18.2. The average Bonchev–Trinajstić information content (AvgIpc) is 2.86. The van der Waals surface area contributed by atoms with Crippen LogP contribution < -0.4 is 14.8 Å². The molecular formula is C20H23FN2O3. The Labute approximate surface area is 152 Å². The van der Waals surface area contributed by atoms with Crippen LogP contribution in [0.1, 0.15) is 23.6 Å². The Kier molecular flexibility index (Phi) is 5.73. The highest BCUT2D eigenvalue weighted by atomic mass is 19.1. The number of carbonyl (C=O) groups excluding carboxylic acids is 1.